The molecule has 1 heterocycles. The third-order valence-corrected chi connectivity index (χ3v) is 6.80. The number of sulfonamides is 1. The summed E-state index contributed by atoms with van der Waals surface area (Å²) in [5.41, 5.74) is 0.124. The predicted octanol–water partition coefficient (Wildman–Crippen LogP) is 0.214. The maximum Gasteiger partial charge on any atom is 0.253 e. The van der Waals surface area contributed by atoms with E-state index in [1.807, 2.05) is 0 Å². The van der Waals surface area contributed by atoms with E-state index in [0.29, 0.717) is 5.75 Å². The van der Waals surface area contributed by atoms with E-state index in [2.05, 4.69) is 0 Å². The van der Waals surface area contributed by atoms with Gasteiger partial charge in [-0.3, -0.25) is 4.79 Å². The van der Waals surface area contributed by atoms with Crippen molar-refractivity contribution in [2.75, 3.05) is 40.4 Å². The first-order valence-corrected chi connectivity index (χ1v) is 10.5. The largest absolute Gasteiger partial charge is 0.545 e. The fourth-order valence-corrected chi connectivity index (χ4v) is 4.78. The van der Waals surface area contributed by atoms with Gasteiger partial charge in [0, 0.05) is 37.8 Å². The zero-order chi connectivity index (χ0) is 21.9. The van der Waals surface area contributed by atoms with Crippen molar-refractivity contribution in [2.24, 2.45) is 0 Å². The molecule has 30 heavy (non-hydrogen) atoms. The number of hydrogen-bond acceptors (Lipinski definition) is 7. The van der Waals surface area contributed by atoms with Crippen LogP contribution in [-0.2, 0) is 10.0 Å². The number of aromatic carboxylic acids is 1. The van der Waals surface area contributed by atoms with Crippen molar-refractivity contribution in [3.8, 4) is 11.5 Å². The molecule has 2 aromatic rings. The Balaban J connectivity index is 1.74. The monoisotopic (exact) mass is 433 g/mol. The van der Waals surface area contributed by atoms with Gasteiger partial charge in [-0.1, -0.05) is 12.1 Å². The van der Waals surface area contributed by atoms with Gasteiger partial charge in [0.25, 0.3) is 5.91 Å². The van der Waals surface area contributed by atoms with Crippen LogP contribution in [0.25, 0.3) is 0 Å². The highest BCUT2D eigenvalue weighted by molar-refractivity contribution is 7.89. The number of methoxy groups -OCH3 is 2. The minimum Gasteiger partial charge on any atom is -0.545 e. The normalized spacial score (nSPS) is 14.9. The molecule has 0 spiro atoms. The zero-order valence-electron chi connectivity index (χ0n) is 16.5. The first-order valence-electron chi connectivity index (χ1n) is 9.11. The average Bonchev–Trinajstić information content (AvgIpc) is 2.78. The van der Waals surface area contributed by atoms with Gasteiger partial charge in [0.2, 0.25) is 10.0 Å². The van der Waals surface area contributed by atoms with Crippen molar-refractivity contribution >= 4 is 21.9 Å². The molecule has 0 aromatic heterocycles. The fraction of sp³-hybridized carbons (Fsp3) is 0.300. The highest BCUT2D eigenvalue weighted by Crippen LogP contribution is 2.31. The minimum absolute atomic E-state index is 0.0206. The lowest BCUT2D eigenvalue weighted by atomic mass is 10.1. The first-order chi connectivity index (χ1) is 14.3. The maximum atomic E-state index is 13.1. The molecule has 1 aliphatic rings. The topological polar surface area (TPSA) is 116 Å². The molecule has 2 aromatic carbocycles. The van der Waals surface area contributed by atoms with Crippen molar-refractivity contribution in [3.05, 3.63) is 53.6 Å². The molecule has 0 saturated carbocycles. The summed E-state index contributed by atoms with van der Waals surface area (Å²) in [6, 6.07) is 10.0. The number of carboxylic acid groups (broad SMARTS) is 1. The number of carbonyl (C=O) groups excluding carboxylic acids is 2. The van der Waals surface area contributed by atoms with E-state index in [1.54, 1.807) is 6.07 Å². The van der Waals surface area contributed by atoms with Crippen LogP contribution in [0.4, 0.5) is 0 Å². The number of amides is 1. The number of rotatable bonds is 6. The second-order valence-corrected chi connectivity index (χ2v) is 8.49. The molecule has 1 fully saturated rings. The van der Waals surface area contributed by atoms with Crippen molar-refractivity contribution in [3.63, 3.8) is 0 Å². The molecule has 160 valence electrons. The van der Waals surface area contributed by atoms with Gasteiger partial charge in [0.15, 0.2) is 0 Å². The third kappa shape index (κ3) is 4.24. The molecule has 0 bridgehead atoms. The van der Waals surface area contributed by atoms with Crippen LogP contribution in [0, 0.1) is 0 Å². The van der Waals surface area contributed by atoms with E-state index in [4.69, 9.17) is 9.47 Å². The Bertz CT molecular complexity index is 1060. The Morgan fingerprint density at radius 1 is 0.933 bits per heavy atom. The average molecular weight is 433 g/mol. The summed E-state index contributed by atoms with van der Waals surface area (Å²) in [6.45, 7) is 0.547. The molecule has 1 saturated heterocycles. The van der Waals surface area contributed by atoms with Gasteiger partial charge in [-0.2, -0.15) is 4.31 Å². The maximum absolute atomic E-state index is 13.1. The zero-order valence-corrected chi connectivity index (χ0v) is 17.3. The van der Waals surface area contributed by atoms with E-state index in [-0.39, 0.29) is 53.9 Å². The fourth-order valence-electron chi connectivity index (χ4n) is 3.22. The van der Waals surface area contributed by atoms with Gasteiger partial charge in [-0.15, -0.1) is 0 Å². The number of piperazine rings is 1. The quantitative estimate of drug-likeness (QED) is 0.639. The SMILES string of the molecule is COc1ccc(S(=O)(=O)N2CCN(C(=O)c3cccc(C(=O)[O-])c3)CC2)c(OC)c1. The van der Waals surface area contributed by atoms with Crippen LogP contribution < -0.4 is 14.6 Å². The van der Waals surface area contributed by atoms with Gasteiger partial charge in [0.05, 0.1) is 20.2 Å². The molecule has 9 nitrogen and oxygen atoms in total. The van der Waals surface area contributed by atoms with Gasteiger partial charge >= 0.3 is 0 Å². The standard InChI is InChI=1S/C20H22N2O7S/c1-28-16-6-7-18(17(13-16)29-2)30(26,27)22-10-8-21(9-11-22)19(23)14-4-3-5-15(12-14)20(24)25/h3-7,12-13H,8-11H2,1-2H3,(H,24,25)/p-1. The lowest BCUT2D eigenvalue weighted by Gasteiger charge is -2.34. The van der Waals surface area contributed by atoms with Crippen molar-refractivity contribution in [1.82, 2.24) is 9.21 Å². The molecule has 3 rings (SSSR count). The molecule has 0 N–H and O–H groups in total. The van der Waals surface area contributed by atoms with E-state index in [1.165, 1.54) is 59.8 Å². The van der Waals surface area contributed by atoms with Crippen LogP contribution in [0.1, 0.15) is 20.7 Å². The third-order valence-electron chi connectivity index (χ3n) is 4.86. The highest BCUT2D eigenvalue weighted by atomic mass is 32.2. The van der Waals surface area contributed by atoms with Crippen LogP contribution in [0.15, 0.2) is 47.4 Å². The van der Waals surface area contributed by atoms with Gasteiger partial charge in [-0.25, -0.2) is 8.42 Å². The Hall–Kier alpha value is -3.11. The summed E-state index contributed by atoms with van der Waals surface area (Å²) >= 11 is 0. The van der Waals surface area contributed by atoms with Gasteiger partial charge in [0.1, 0.15) is 16.4 Å². The summed E-state index contributed by atoms with van der Waals surface area (Å²) < 4.78 is 37.7. The van der Waals surface area contributed by atoms with Crippen molar-refractivity contribution < 1.29 is 32.6 Å². The minimum atomic E-state index is -3.83. The van der Waals surface area contributed by atoms with Crippen molar-refractivity contribution in [2.45, 2.75) is 4.90 Å². The van der Waals surface area contributed by atoms with Gasteiger partial charge < -0.3 is 24.3 Å². The first kappa shape index (κ1) is 21.6. The number of benzene rings is 2. The number of nitrogens with zero attached hydrogens (tertiary/aromatic N) is 2. The Morgan fingerprint density at radius 3 is 2.20 bits per heavy atom. The van der Waals surface area contributed by atoms with Crippen LogP contribution in [0.5, 0.6) is 11.5 Å². The lowest BCUT2D eigenvalue weighted by Crippen LogP contribution is -2.50. The van der Waals surface area contributed by atoms with Crippen molar-refractivity contribution in [1.29, 1.82) is 0 Å². The molecule has 1 aliphatic heterocycles. The molecular weight excluding hydrogens is 412 g/mol. The second-order valence-electron chi connectivity index (χ2n) is 6.58. The van der Waals surface area contributed by atoms with E-state index in [9.17, 15) is 23.1 Å². The number of carboxylic acids is 1. The Morgan fingerprint density at radius 2 is 1.60 bits per heavy atom. The molecule has 1 amide bonds. The second kappa shape index (κ2) is 8.72. The molecule has 0 atom stereocenters. The molecule has 0 radical (unpaired) electrons. The van der Waals surface area contributed by atoms with Gasteiger partial charge in [-0.05, 0) is 29.8 Å². The van der Waals surface area contributed by atoms with E-state index in [0.717, 1.165) is 0 Å². The number of hydrogen-bond donors (Lipinski definition) is 0. The lowest BCUT2D eigenvalue weighted by molar-refractivity contribution is -0.255. The van der Waals surface area contributed by atoms with E-state index < -0.39 is 16.0 Å². The van der Waals surface area contributed by atoms with Crippen LogP contribution >= 0.6 is 0 Å². The summed E-state index contributed by atoms with van der Waals surface area (Å²) in [5.74, 6) is -1.09. The molecular formula is C20H21N2O7S-. The molecule has 10 heteroatoms. The van der Waals surface area contributed by atoms with E-state index >= 15 is 0 Å². The summed E-state index contributed by atoms with van der Waals surface area (Å²) in [7, 11) is -0.978. The Labute approximate surface area is 174 Å². The number of carbonyl (C=O) groups is 2. The summed E-state index contributed by atoms with van der Waals surface area (Å²) in [6.07, 6.45) is 0. The predicted molar refractivity (Wildman–Crippen MR) is 105 cm³/mol. The molecule has 0 aliphatic carbocycles. The highest BCUT2D eigenvalue weighted by Gasteiger charge is 2.32. The molecule has 0 unspecified atom stereocenters. The van der Waals surface area contributed by atoms with Crippen LogP contribution in [-0.4, -0.2) is 69.9 Å². The van der Waals surface area contributed by atoms with Crippen LogP contribution in [0.2, 0.25) is 0 Å². The number of ether oxygens (including phenoxy) is 2. The summed E-state index contributed by atoms with van der Waals surface area (Å²) in [4.78, 5) is 25.2. The Kier molecular flexibility index (Phi) is 6.28. The smallest absolute Gasteiger partial charge is 0.253 e. The summed E-state index contributed by atoms with van der Waals surface area (Å²) in [5, 5.41) is 11.0. The van der Waals surface area contributed by atoms with Crippen LogP contribution in [0.3, 0.4) is 0 Å².